The van der Waals surface area contributed by atoms with Crippen molar-refractivity contribution in [2.24, 2.45) is 5.73 Å². The SMILES string of the molecule is Cc1c(C(=O)Nc2cscn2)ccc(-c2nn3c(c2C(N)=O)Nc2ccccc2CC3)c1F. The van der Waals surface area contributed by atoms with Gasteiger partial charge in [-0.3, -0.25) is 9.59 Å². The van der Waals surface area contributed by atoms with Gasteiger partial charge >= 0.3 is 0 Å². The van der Waals surface area contributed by atoms with E-state index in [4.69, 9.17) is 5.73 Å². The highest BCUT2D eigenvalue weighted by atomic mass is 32.1. The maximum Gasteiger partial charge on any atom is 0.257 e. The Balaban J connectivity index is 1.57. The summed E-state index contributed by atoms with van der Waals surface area (Å²) < 4.78 is 17.1. The Bertz CT molecular complexity index is 1400. The largest absolute Gasteiger partial charge is 0.365 e. The quantitative estimate of drug-likeness (QED) is 0.422. The summed E-state index contributed by atoms with van der Waals surface area (Å²) in [5.74, 6) is -1.02. The third-order valence-electron chi connectivity index (χ3n) is 5.62. The summed E-state index contributed by atoms with van der Waals surface area (Å²) in [5, 5.41) is 12.1. The third kappa shape index (κ3) is 3.64. The van der Waals surface area contributed by atoms with Crippen molar-refractivity contribution < 1.29 is 14.0 Å². The number of carbonyl (C=O) groups excluding carboxylic acids is 2. The van der Waals surface area contributed by atoms with Gasteiger partial charge in [-0.25, -0.2) is 14.1 Å². The van der Waals surface area contributed by atoms with Crippen LogP contribution in [0.25, 0.3) is 11.3 Å². The first kappa shape index (κ1) is 20.8. The Morgan fingerprint density at radius 2 is 2.06 bits per heavy atom. The molecule has 2 amide bonds. The third-order valence-corrected chi connectivity index (χ3v) is 6.21. The van der Waals surface area contributed by atoms with E-state index in [2.05, 4.69) is 20.7 Å². The second kappa shape index (κ2) is 8.14. The van der Waals surface area contributed by atoms with Gasteiger partial charge in [0.1, 0.15) is 28.7 Å². The van der Waals surface area contributed by atoms with Crippen LogP contribution in [-0.4, -0.2) is 26.6 Å². The lowest BCUT2D eigenvalue weighted by atomic mass is 9.99. The van der Waals surface area contributed by atoms with Gasteiger partial charge in [-0.15, -0.1) is 11.3 Å². The molecule has 33 heavy (non-hydrogen) atoms. The minimum Gasteiger partial charge on any atom is -0.365 e. The van der Waals surface area contributed by atoms with Crippen LogP contribution in [0.15, 0.2) is 47.3 Å². The van der Waals surface area contributed by atoms with Gasteiger partial charge in [0.25, 0.3) is 11.8 Å². The molecule has 0 atom stereocenters. The molecule has 0 fully saturated rings. The van der Waals surface area contributed by atoms with Crippen LogP contribution in [-0.2, 0) is 13.0 Å². The maximum absolute atomic E-state index is 15.5. The van der Waals surface area contributed by atoms with E-state index in [1.807, 2.05) is 24.3 Å². The van der Waals surface area contributed by atoms with Crippen LogP contribution in [0.1, 0.15) is 31.8 Å². The Labute approximate surface area is 192 Å². The molecule has 0 saturated carbocycles. The van der Waals surface area contributed by atoms with E-state index in [9.17, 15) is 9.59 Å². The zero-order valence-electron chi connectivity index (χ0n) is 17.6. The highest BCUT2D eigenvalue weighted by Gasteiger charge is 2.28. The number of para-hydroxylation sites is 1. The predicted octanol–water partition coefficient (Wildman–Crippen LogP) is 4.11. The molecule has 0 saturated heterocycles. The molecule has 2 aromatic heterocycles. The molecule has 10 heteroatoms. The van der Waals surface area contributed by atoms with E-state index in [1.54, 1.807) is 15.6 Å². The Morgan fingerprint density at radius 1 is 1.24 bits per heavy atom. The molecule has 1 aliphatic rings. The Hall–Kier alpha value is -4.05. The van der Waals surface area contributed by atoms with Crippen LogP contribution in [0.5, 0.6) is 0 Å². The van der Waals surface area contributed by atoms with Gasteiger partial charge < -0.3 is 16.4 Å². The van der Waals surface area contributed by atoms with Crippen molar-refractivity contribution in [2.75, 3.05) is 10.6 Å². The second-order valence-corrected chi connectivity index (χ2v) is 8.34. The molecule has 1 aliphatic heterocycles. The molecule has 0 aliphatic carbocycles. The molecule has 5 rings (SSSR count). The van der Waals surface area contributed by atoms with E-state index in [-0.39, 0.29) is 27.9 Å². The lowest BCUT2D eigenvalue weighted by molar-refractivity contribution is 0.0998. The molecule has 0 radical (unpaired) electrons. The number of nitrogens with one attached hydrogen (secondary N) is 2. The molecule has 4 N–H and O–H groups in total. The van der Waals surface area contributed by atoms with E-state index in [0.29, 0.717) is 24.6 Å². The first-order valence-electron chi connectivity index (χ1n) is 10.2. The zero-order valence-corrected chi connectivity index (χ0v) is 18.4. The summed E-state index contributed by atoms with van der Waals surface area (Å²) in [5.41, 5.74) is 9.86. The molecule has 0 spiro atoms. The van der Waals surface area contributed by atoms with Gasteiger partial charge in [-0.05, 0) is 42.7 Å². The number of primary amides is 1. The number of carbonyl (C=O) groups is 2. The van der Waals surface area contributed by atoms with Crippen LogP contribution >= 0.6 is 11.3 Å². The van der Waals surface area contributed by atoms with Gasteiger partial charge in [0.15, 0.2) is 0 Å². The molecule has 0 bridgehead atoms. The fourth-order valence-electron chi connectivity index (χ4n) is 3.96. The fraction of sp³-hybridized carbons (Fsp3) is 0.130. The summed E-state index contributed by atoms with van der Waals surface area (Å²) in [4.78, 5) is 29.1. The molecule has 0 unspecified atom stereocenters. The highest BCUT2D eigenvalue weighted by Crippen LogP contribution is 2.36. The predicted molar refractivity (Wildman–Crippen MR) is 124 cm³/mol. The van der Waals surface area contributed by atoms with Gasteiger partial charge in [-0.1, -0.05) is 18.2 Å². The number of hydrogen-bond acceptors (Lipinski definition) is 6. The van der Waals surface area contributed by atoms with Gasteiger partial charge in [0.2, 0.25) is 0 Å². The number of hydrogen-bond donors (Lipinski definition) is 3. The number of halogens is 1. The van der Waals surface area contributed by atoms with Crippen molar-refractivity contribution in [2.45, 2.75) is 19.9 Å². The lowest BCUT2D eigenvalue weighted by Gasteiger charge is -2.11. The van der Waals surface area contributed by atoms with Crippen LogP contribution in [0.4, 0.5) is 21.7 Å². The summed E-state index contributed by atoms with van der Waals surface area (Å²) in [6, 6.07) is 10.7. The average Bonchev–Trinajstić information content (AvgIpc) is 3.39. The van der Waals surface area contributed by atoms with E-state index in [0.717, 1.165) is 11.3 Å². The number of rotatable bonds is 4. The second-order valence-electron chi connectivity index (χ2n) is 7.62. The van der Waals surface area contributed by atoms with Crippen molar-refractivity contribution in [3.8, 4) is 11.3 Å². The Morgan fingerprint density at radius 3 is 2.82 bits per heavy atom. The normalized spacial score (nSPS) is 12.3. The van der Waals surface area contributed by atoms with Gasteiger partial charge in [0.05, 0.1) is 5.51 Å². The molecule has 3 heterocycles. The lowest BCUT2D eigenvalue weighted by Crippen LogP contribution is -2.16. The summed E-state index contributed by atoms with van der Waals surface area (Å²) in [6.45, 7) is 2.00. The molecular weight excluding hydrogens is 443 g/mol. The zero-order chi connectivity index (χ0) is 23.1. The first-order valence-corrected chi connectivity index (χ1v) is 11.1. The van der Waals surface area contributed by atoms with Gasteiger partial charge in [-0.2, -0.15) is 5.10 Å². The summed E-state index contributed by atoms with van der Waals surface area (Å²) >= 11 is 1.34. The Kier molecular flexibility index (Phi) is 5.14. The number of fused-ring (bicyclic) bond motifs is 2. The number of nitrogens with zero attached hydrogens (tertiary/aromatic N) is 3. The average molecular weight is 463 g/mol. The van der Waals surface area contributed by atoms with Gasteiger partial charge in [0, 0.05) is 28.7 Å². The molecule has 2 aromatic carbocycles. The molecule has 4 aromatic rings. The standard InChI is InChI=1S/C23H19FN6O2S/c1-12-14(23(32)28-17-10-33-11-26-17)6-7-15(19(12)24)20-18(21(25)31)22-27-16-5-3-2-4-13(16)8-9-30(22)29-20/h2-7,10-11,27H,8-9H2,1H3,(H2,25,31)(H,28,32). The maximum atomic E-state index is 15.5. The summed E-state index contributed by atoms with van der Waals surface area (Å²) in [6.07, 6.45) is 0.687. The van der Waals surface area contributed by atoms with Crippen LogP contribution in [0.2, 0.25) is 0 Å². The van der Waals surface area contributed by atoms with E-state index in [1.165, 1.54) is 30.4 Å². The minimum atomic E-state index is -0.722. The fourth-order valence-corrected chi connectivity index (χ4v) is 4.44. The number of aromatic nitrogens is 3. The number of benzene rings is 2. The van der Waals surface area contributed by atoms with E-state index >= 15 is 4.39 Å². The number of aryl methyl sites for hydroxylation is 2. The van der Waals surface area contributed by atoms with Crippen LogP contribution in [0, 0.1) is 12.7 Å². The van der Waals surface area contributed by atoms with Crippen molar-refractivity contribution in [3.63, 3.8) is 0 Å². The van der Waals surface area contributed by atoms with Crippen molar-refractivity contribution in [3.05, 3.63) is 75.4 Å². The molecule has 166 valence electrons. The first-order chi connectivity index (χ1) is 15.9. The smallest absolute Gasteiger partial charge is 0.257 e. The van der Waals surface area contributed by atoms with E-state index < -0.39 is 17.6 Å². The number of amides is 2. The monoisotopic (exact) mass is 462 g/mol. The van der Waals surface area contributed by atoms with Crippen molar-refractivity contribution >= 4 is 40.5 Å². The number of thiazole rings is 1. The highest BCUT2D eigenvalue weighted by molar-refractivity contribution is 7.07. The van der Waals surface area contributed by atoms with Crippen molar-refractivity contribution in [1.29, 1.82) is 0 Å². The molecular formula is C23H19FN6O2S. The number of nitrogens with two attached hydrogens (primary N) is 1. The molecule has 8 nitrogen and oxygen atoms in total. The van der Waals surface area contributed by atoms with Crippen molar-refractivity contribution in [1.82, 2.24) is 14.8 Å². The summed E-state index contributed by atoms with van der Waals surface area (Å²) in [7, 11) is 0. The minimum absolute atomic E-state index is 0.0992. The van der Waals surface area contributed by atoms with Crippen LogP contribution < -0.4 is 16.4 Å². The number of anilines is 3. The van der Waals surface area contributed by atoms with Crippen LogP contribution in [0.3, 0.4) is 0 Å². The topological polar surface area (TPSA) is 115 Å².